The number of carbonyl (C=O) groups excluding carboxylic acids is 1. The predicted octanol–water partition coefficient (Wildman–Crippen LogP) is 3.09. The standard InChI is InChI=1S/C14H14BrN3O/c1-2-18(13-5-3-12(16)4-6-13)14(19)10-7-11(15)9-17-8-10/h3-9H,2,16H2,1H3. The Labute approximate surface area is 120 Å². The van der Waals surface area contributed by atoms with Gasteiger partial charge in [0.1, 0.15) is 0 Å². The monoisotopic (exact) mass is 319 g/mol. The Morgan fingerprint density at radius 1 is 1.32 bits per heavy atom. The Kier molecular flexibility index (Phi) is 4.16. The molecule has 0 saturated heterocycles. The topological polar surface area (TPSA) is 59.2 Å². The first-order valence-corrected chi connectivity index (χ1v) is 6.69. The molecular formula is C14H14BrN3O. The second kappa shape index (κ2) is 5.84. The third kappa shape index (κ3) is 3.12. The maximum Gasteiger partial charge on any atom is 0.259 e. The fraction of sp³-hybridized carbons (Fsp3) is 0.143. The molecule has 2 rings (SSSR count). The first kappa shape index (κ1) is 13.5. The molecule has 2 N–H and O–H groups in total. The van der Waals surface area contributed by atoms with Crippen LogP contribution in [0, 0.1) is 0 Å². The van der Waals surface area contributed by atoms with Gasteiger partial charge in [0.15, 0.2) is 0 Å². The van der Waals surface area contributed by atoms with Crippen LogP contribution in [0.3, 0.4) is 0 Å². The number of benzene rings is 1. The van der Waals surface area contributed by atoms with Crippen LogP contribution in [0.2, 0.25) is 0 Å². The number of hydrogen-bond donors (Lipinski definition) is 1. The lowest BCUT2D eigenvalue weighted by Crippen LogP contribution is -2.30. The maximum absolute atomic E-state index is 12.4. The smallest absolute Gasteiger partial charge is 0.259 e. The Bertz CT molecular complexity index is 583. The Balaban J connectivity index is 2.31. The molecule has 0 fully saturated rings. The molecule has 0 spiro atoms. The molecule has 0 aliphatic rings. The zero-order valence-corrected chi connectivity index (χ0v) is 12.1. The molecule has 2 aromatic rings. The van der Waals surface area contributed by atoms with Crippen molar-refractivity contribution < 1.29 is 4.79 Å². The molecule has 0 atom stereocenters. The van der Waals surface area contributed by atoms with E-state index < -0.39 is 0 Å². The number of hydrogen-bond acceptors (Lipinski definition) is 3. The van der Waals surface area contributed by atoms with E-state index in [2.05, 4.69) is 20.9 Å². The van der Waals surface area contributed by atoms with Gasteiger partial charge in [-0.1, -0.05) is 0 Å². The van der Waals surface area contributed by atoms with Crippen molar-refractivity contribution in [3.63, 3.8) is 0 Å². The van der Waals surface area contributed by atoms with E-state index in [1.807, 2.05) is 19.1 Å². The van der Waals surface area contributed by atoms with Crippen molar-refractivity contribution in [3.8, 4) is 0 Å². The number of nitrogens with zero attached hydrogens (tertiary/aromatic N) is 2. The van der Waals surface area contributed by atoms with E-state index in [9.17, 15) is 4.79 Å². The van der Waals surface area contributed by atoms with Crippen molar-refractivity contribution in [2.75, 3.05) is 17.2 Å². The van der Waals surface area contributed by atoms with Crippen molar-refractivity contribution in [1.29, 1.82) is 0 Å². The molecule has 1 amide bonds. The summed E-state index contributed by atoms with van der Waals surface area (Å²) in [5.41, 5.74) is 7.70. The van der Waals surface area contributed by atoms with Crippen LogP contribution in [0.15, 0.2) is 47.2 Å². The average Bonchev–Trinajstić information content (AvgIpc) is 2.41. The van der Waals surface area contributed by atoms with Crippen LogP contribution >= 0.6 is 15.9 Å². The van der Waals surface area contributed by atoms with E-state index in [-0.39, 0.29) is 5.91 Å². The van der Waals surface area contributed by atoms with Crippen molar-refractivity contribution in [1.82, 2.24) is 4.98 Å². The minimum Gasteiger partial charge on any atom is -0.399 e. The molecular weight excluding hydrogens is 306 g/mol. The zero-order chi connectivity index (χ0) is 13.8. The van der Waals surface area contributed by atoms with Crippen molar-refractivity contribution in [2.45, 2.75) is 6.92 Å². The summed E-state index contributed by atoms with van der Waals surface area (Å²) in [7, 11) is 0. The lowest BCUT2D eigenvalue weighted by Gasteiger charge is -2.21. The van der Waals surface area contributed by atoms with Crippen LogP contribution in [0.1, 0.15) is 17.3 Å². The third-order valence-corrected chi connectivity index (χ3v) is 3.15. The summed E-state index contributed by atoms with van der Waals surface area (Å²) >= 11 is 3.32. The Morgan fingerprint density at radius 2 is 2.00 bits per heavy atom. The number of amides is 1. The SMILES string of the molecule is CCN(C(=O)c1cncc(Br)c1)c1ccc(N)cc1. The van der Waals surface area contributed by atoms with E-state index in [1.165, 1.54) is 0 Å². The lowest BCUT2D eigenvalue weighted by molar-refractivity contribution is 0.0988. The first-order valence-electron chi connectivity index (χ1n) is 5.89. The molecule has 1 aromatic carbocycles. The van der Waals surface area contributed by atoms with Crippen LogP contribution < -0.4 is 10.6 Å². The van der Waals surface area contributed by atoms with E-state index in [0.29, 0.717) is 17.8 Å². The number of aromatic nitrogens is 1. The molecule has 4 nitrogen and oxygen atoms in total. The van der Waals surface area contributed by atoms with E-state index in [4.69, 9.17) is 5.73 Å². The Morgan fingerprint density at radius 3 is 2.58 bits per heavy atom. The predicted molar refractivity (Wildman–Crippen MR) is 80.1 cm³/mol. The molecule has 0 unspecified atom stereocenters. The number of nitrogens with two attached hydrogens (primary N) is 1. The number of anilines is 2. The number of carbonyl (C=O) groups is 1. The molecule has 0 saturated carbocycles. The van der Waals surface area contributed by atoms with Gasteiger partial charge in [-0.15, -0.1) is 0 Å². The molecule has 0 bridgehead atoms. The van der Waals surface area contributed by atoms with Crippen molar-refractivity contribution in [2.24, 2.45) is 0 Å². The molecule has 0 radical (unpaired) electrons. The zero-order valence-electron chi connectivity index (χ0n) is 10.5. The fourth-order valence-electron chi connectivity index (χ4n) is 1.78. The van der Waals surface area contributed by atoms with E-state index >= 15 is 0 Å². The Hall–Kier alpha value is -1.88. The molecule has 0 aliphatic carbocycles. The van der Waals surface area contributed by atoms with Gasteiger partial charge >= 0.3 is 0 Å². The first-order chi connectivity index (χ1) is 9.11. The summed E-state index contributed by atoms with van der Waals surface area (Å²) in [5, 5.41) is 0. The molecule has 0 aliphatic heterocycles. The second-order valence-corrected chi connectivity index (χ2v) is 4.95. The van der Waals surface area contributed by atoms with Crippen LogP contribution in [-0.4, -0.2) is 17.4 Å². The molecule has 5 heteroatoms. The van der Waals surface area contributed by atoms with Gasteiger partial charge in [-0.2, -0.15) is 0 Å². The largest absolute Gasteiger partial charge is 0.399 e. The van der Waals surface area contributed by atoms with Gasteiger partial charge in [0.2, 0.25) is 0 Å². The summed E-state index contributed by atoms with van der Waals surface area (Å²) in [4.78, 5) is 18.1. The normalized spacial score (nSPS) is 10.2. The lowest BCUT2D eigenvalue weighted by atomic mass is 10.2. The van der Waals surface area contributed by atoms with Crippen molar-refractivity contribution in [3.05, 3.63) is 52.8 Å². The van der Waals surface area contributed by atoms with Gasteiger partial charge in [-0.25, -0.2) is 0 Å². The van der Waals surface area contributed by atoms with E-state index in [1.54, 1.807) is 35.5 Å². The number of rotatable bonds is 3. The van der Waals surface area contributed by atoms with Gasteiger partial charge in [-0.05, 0) is 53.2 Å². The average molecular weight is 320 g/mol. The van der Waals surface area contributed by atoms with Crippen LogP contribution in [0.25, 0.3) is 0 Å². The molecule has 98 valence electrons. The van der Waals surface area contributed by atoms with E-state index in [0.717, 1.165) is 10.2 Å². The summed E-state index contributed by atoms with van der Waals surface area (Å²) in [6.07, 6.45) is 3.21. The van der Waals surface area contributed by atoms with Gasteiger partial charge in [0, 0.05) is 34.8 Å². The van der Waals surface area contributed by atoms with Crippen LogP contribution in [-0.2, 0) is 0 Å². The summed E-state index contributed by atoms with van der Waals surface area (Å²) < 4.78 is 0.784. The third-order valence-electron chi connectivity index (χ3n) is 2.72. The molecule has 19 heavy (non-hydrogen) atoms. The van der Waals surface area contributed by atoms with Crippen molar-refractivity contribution >= 4 is 33.2 Å². The van der Waals surface area contributed by atoms with Gasteiger partial charge in [0.05, 0.1) is 5.56 Å². The quantitative estimate of drug-likeness (QED) is 0.884. The fourth-order valence-corrected chi connectivity index (χ4v) is 2.15. The minimum absolute atomic E-state index is 0.0823. The molecule has 1 heterocycles. The highest BCUT2D eigenvalue weighted by molar-refractivity contribution is 9.10. The number of pyridine rings is 1. The van der Waals surface area contributed by atoms with Crippen LogP contribution in [0.4, 0.5) is 11.4 Å². The molecule has 1 aromatic heterocycles. The summed E-state index contributed by atoms with van der Waals surface area (Å²) in [6, 6.07) is 8.99. The van der Waals surface area contributed by atoms with Gasteiger partial charge < -0.3 is 10.6 Å². The summed E-state index contributed by atoms with van der Waals surface area (Å²) in [6.45, 7) is 2.51. The van der Waals surface area contributed by atoms with Crippen LogP contribution in [0.5, 0.6) is 0 Å². The van der Waals surface area contributed by atoms with Gasteiger partial charge in [0.25, 0.3) is 5.91 Å². The minimum atomic E-state index is -0.0823. The highest BCUT2D eigenvalue weighted by Gasteiger charge is 2.16. The second-order valence-electron chi connectivity index (χ2n) is 4.03. The maximum atomic E-state index is 12.4. The summed E-state index contributed by atoms with van der Waals surface area (Å²) in [5.74, 6) is -0.0823. The highest BCUT2D eigenvalue weighted by atomic mass is 79.9. The number of halogens is 1. The van der Waals surface area contributed by atoms with Gasteiger partial charge in [-0.3, -0.25) is 9.78 Å². The number of nitrogen functional groups attached to an aromatic ring is 1. The highest BCUT2D eigenvalue weighted by Crippen LogP contribution is 2.19.